The lowest BCUT2D eigenvalue weighted by Crippen LogP contribution is -2.46. The molecule has 0 N–H and O–H groups in total. The Hall–Kier alpha value is -1.53. The summed E-state index contributed by atoms with van der Waals surface area (Å²) in [6, 6.07) is 8.80. The van der Waals surface area contributed by atoms with Crippen molar-refractivity contribution in [2.45, 2.75) is 33.1 Å². The maximum Gasteiger partial charge on any atom is 0.0621 e. The zero-order valence-corrected chi connectivity index (χ0v) is 12.7. The molecule has 0 radical (unpaired) electrons. The van der Waals surface area contributed by atoms with E-state index >= 15 is 0 Å². The third kappa shape index (κ3) is 3.74. The van der Waals surface area contributed by atoms with Gasteiger partial charge in [-0.05, 0) is 50.4 Å². The summed E-state index contributed by atoms with van der Waals surface area (Å²) in [5.41, 5.74) is 4.19. The van der Waals surface area contributed by atoms with Gasteiger partial charge in [0.2, 0.25) is 0 Å². The van der Waals surface area contributed by atoms with Gasteiger partial charge < -0.3 is 4.90 Å². The van der Waals surface area contributed by atoms with Gasteiger partial charge in [-0.2, -0.15) is 5.26 Å². The predicted octanol–water partition coefficient (Wildman–Crippen LogP) is 3.12. The summed E-state index contributed by atoms with van der Waals surface area (Å²) < 4.78 is 0. The van der Waals surface area contributed by atoms with E-state index in [1.807, 2.05) is 0 Å². The highest BCUT2D eigenvalue weighted by atomic mass is 15.3. The number of anilines is 1. The van der Waals surface area contributed by atoms with Crippen LogP contribution in [0.5, 0.6) is 0 Å². The standard InChI is InChI=1S/C17H25N3/c1-15-7-6-8-17(16(15)2)20-13-11-19(12-14-20)10-5-3-4-9-18/h6-8H,3-5,10-14H2,1-2H3. The van der Waals surface area contributed by atoms with Gasteiger partial charge in [-0.25, -0.2) is 0 Å². The van der Waals surface area contributed by atoms with Gasteiger partial charge in [-0.15, -0.1) is 0 Å². The third-order valence-corrected chi connectivity index (χ3v) is 4.30. The minimum Gasteiger partial charge on any atom is -0.369 e. The third-order valence-electron chi connectivity index (χ3n) is 4.30. The lowest BCUT2D eigenvalue weighted by Gasteiger charge is -2.37. The summed E-state index contributed by atoms with van der Waals surface area (Å²) in [5.74, 6) is 0. The number of hydrogen-bond donors (Lipinski definition) is 0. The van der Waals surface area contributed by atoms with Crippen LogP contribution in [0, 0.1) is 25.2 Å². The Kier molecular flexibility index (Phi) is 5.43. The van der Waals surface area contributed by atoms with Gasteiger partial charge in [0.1, 0.15) is 0 Å². The van der Waals surface area contributed by atoms with Crippen molar-refractivity contribution < 1.29 is 0 Å². The Morgan fingerprint density at radius 3 is 2.55 bits per heavy atom. The van der Waals surface area contributed by atoms with Gasteiger partial charge in [0.05, 0.1) is 6.07 Å². The van der Waals surface area contributed by atoms with Gasteiger partial charge in [0.15, 0.2) is 0 Å². The quantitative estimate of drug-likeness (QED) is 0.771. The van der Waals surface area contributed by atoms with Crippen LogP contribution in [0.1, 0.15) is 30.4 Å². The Morgan fingerprint density at radius 2 is 1.85 bits per heavy atom. The maximum atomic E-state index is 8.54. The molecule has 1 heterocycles. The van der Waals surface area contributed by atoms with Crippen LogP contribution >= 0.6 is 0 Å². The molecule has 0 atom stereocenters. The number of nitrogens with zero attached hydrogens (tertiary/aromatic N) is 3. The second-order valence-corrected chi connectivity index (χ2v) is 5.66. The Labute approximate surface area is 122 Å². The van der Waals surface area contributed by atoms with Crippen molar-refractivity contribution in [1.29, 1.82) is 5.26 Å². The van der Waals surface area contributed by atoms with Crippen LogP contribution in [0.25, 0.3) is 0 Å². The summed E-state index contributed by atoms with van der Waals surface area (Å²) in [6.45, 7) is 10.1. The summed E-state index contributed by atoms with van der Waals surface area (Å²) in [7, 11) is 0. The van der Waals surface area contributed by atoms with E-state index in [2.05, 4.69) is 47.9 Å². The summed E-state index contributed by atoms with van der Waals surface area (Å²) in [4.78, 5) is 5.03. The molecule has 1 aromatic carbocycles. The highest BCUT2D eigenvalue weighted by Crippen LogP contribution is 2.23. The first-order valence-electron chi connectivity index (χ1n) is 7.63. The van der Waals surface area contributed by atoms with Crippen molar-refractivity contribution in [3.8, 4) is 6.07 Å². The van der Waals surface area contributed by atoms with Crippen LogP contribution in [-0.4, -0.2) is 37.6 Å². The minimum atomic E-state index is 0.697. The fraction of sp³-hybridized carbons (Fsp3) is 0.588. The van der Waals surface area contributed by atoms with Gasteiger partial charge in [0.25, 0.3) is 0 Å². The molecule has 2 rings (SSSR count). The van der Waals surface area contributed by atoms with E-state index in [4.69, 9.17) is 5.26 Å². The molecule has 0 bridgehead atoms. The number of rotatable bonds is 5. The van der Waals surface area contributed by atoms with Crippen LogP contribution in [0.2, 0.25) is 0 Å². The fourth-order valence-electron chi connectivity index (χ4n) is 2.83. The molecule has 1 saturated heterocycles. The number of unbranched alkanes of at least 4 members (excludes halogenated alkanes) is 2. The highest BCUT2D eigenvalue weighted by molar-refractivity contribution is 5.56. The van der Waals surface area contributed by atoms with Crippen molar-refractivity contribution >= 4 is 5.69 Å². The molecule has 1 fully saturated rings. The van der Waals surface area contributed by atoms with Crippen LogP contribution in [-0.2, 0) is 0 Å². The molecule has 0 saturated carbocycles. The first kappa shape index (κ1) is 14.9. The zero-order valence-electron chi connectivity index (χ0n) is 12.7. The number of benzene rings is 1. The zero-order chi connectivity index (χ0) is 14.4. The minimum absolute atomic E-state index is 0.697. The lowest BCUT2D eigenvalue weighted by molar-refractivity contribution is 0.253. The fourth-order valence-corrected chi connectivity index (χ4v) is 2.83. The highest BCUT2D eigenvalue weighted by Gasteiger charge is 2.18. The molecule has 1 aliphatic heterocycles. The first-order valence-corrected chi connectivity index (χ1v) is 7.63. The number of hydrogen-bond acceptors (Lipinski definition) is 3. The lowest BCUT2D eigenvalue weighted by atomic mass is 10.1. The SMILES string of the molecule is Cc1cccc(N2CCN(CCCCC#N)CC2)c1C. The van der Waals surface area contributed by atoms with Crippen LogP contribution in [0.4, 0.5) is 5.69 Å². The van der Waals surface area contributed by atoms with E-state index in [1.54, 1.807) is 0 Å². The van der Waals surface area contributed by atoms with E-state index in [0.29, 0.717) is 6.42 Å². The van der Waals surface area contributed by atoms with Crippen LogP contribution in [0.3, 0.4) is 0 Å². The molecule has 0 aliphatic carbocycles. The molecule has 0 unspecified atom stereocenters. The number of piperazine rings is 1. The molecular formula is C17H25N3. The van der Waals surface area contributed by atoms with Gasteiger partial charge in [0, 0.05) is 38.3 Å². The van der Waals surface area contributed by atoms with E-state index < -0.39 is 0 Å². The van der Waals surface area contributed by atoms with E-state index in [1.165, 1.54) is 16.8 Å². The topological polar surface area (TPSA) is 30.3 Å². The van der Waals surface area contributed by atoms with E-state index in [9.17, 15) is 0 Å². The molecular weight excluding hydrogens is 246 g/mol. The molecule has 0 aromatic heterocycles. The molecule has 20 heavy (non-hydrogen) atoms. The Morgan fingerprint density at radius 1 is 1.10 bits per heavy atom. The van der Waals surface area contributed by atoms with Gasteiger partial charge in [-0.1, -0.05) is 12.1 Å². The Bertz CT molecular complexity index is 468. The van der Waals surface area contributed by atoms with Gasteiger partial charge >= 0.3 is 0 Å². The second-order valence-electron chi connectivity index (χ2n) is 5.66. The van der Waals surface area contributed by atoms with Crippen LogP contribution in [0.15, 0.2) is 18.2 Å². The van der Waals surface area contributed by atoms with Gasteiger partial charge in [-0.3, -0.25) is 4.90 Å². The molecule has 0 amide bonds. The molecule has 108 valence electrons. The number of nitriles is 1. The molecule has 3 heteroatoms. The van der Waals surface area contributed by atoms with Crippen molar-refractivity contribution in [3.05, 3.63) is 29.3 Å². The van der Waals surface area contributed by atoms with Crippen molar-refractivity contribution in [2.75, 3.05) is 37.6 Å². The summed E-state index contributed by atoms with van der Waals surface area (Å²) in [6.07, 6.45) is 2.88. The average molecular weight is 271 g/mol. The van der Waals surface area contributed by atoms with Crippen molar-refractivity contribution in [1.82, 2.24) is 4.90 Å². The average Bonchev–Trinajstić information content (AvgIpc) is 2.47. The first-order chi connectivity index (χ1) is 9.72. The second kappa shape index (κ2) is 7.31. The van der Waals surface area contributed by atoms with Crippen molar-refractivity contribution in [2.24, 2.45) is 0 Å². The Balaban J connectivity index is 1.82. The molecule has 0 spiro atoms. The smallest absolute Gasteiger partial charge is 0.0621 e. The summed E-state index contributed by atoms with van der Waals surface area (Å²) >= 11 is 0. The largest absolute Gasteiger partial charge is 0.369 e. The normalized spacial score (nSPS) is 16.1. The van der Waals surface area contributed by atoms with Crippen molar-refractivity contribution in [3.63, 3.8) is 0 Å². The maximum absolute atomic E-state index is 8.54. The summed E-state index contributed by atoms with van der Waals surface area (Å²) in [5, 5.41) is 8.54. The van der Waals surface area contributed by atoms with Crippen LogP contribution < -0.4 is 4.90 Å². The molecule has 1 aromatic rings. The predicted molar refractivity (Wildman–Crippen MR) is 84.0 cm³/mol. The number of aryl methyl sites for hydroxylation is 1. The van der Waals surface area contributed by atoms with E-state index in [0.717, 1.165) is 45.6 Å². The van der Waals surface area contributed by atoms with E-state index in [-0.39, 0.29) is 0 Å². The monoisotopic (exact) mass is 271 g/mol. The molecule has 3 nitrogen and oxygen atoms in total. The molecule has 1 aliphatic rings.